The van der Waals surface area contributed by atoms with E-state index in [4.69, 9.17) is 0 Å². The third-order valence-electron chi connectivity index (χ3n) is 4.06. The molecule has 8 heteroatoms. The molecule has 0 saturated carbocycles. The smallest absolute Gasteiger partial charge is 0.242 e. The Morgan fingerprint density at radius 1 is 1.08 bits per heavy atom. The molecule has 0 radical (unpaired) electrons. The van der Waals surface area contributed by atoms with Gasteiger partial charge in [-0.05, 0) is 20.2 Å². The molecule has 1 aromatic rings. The van der Waals surface area contributed by atoms with Crippen molar-refractivity contribution in [2.45, 2.75) is 6.92 Å². The SMILES string of the molecule is CC(=O)N(CCN(C)C)CC(=O)N1CCN(c2ncccn2)CC1. The van der Waals surface area contributed by atoms with Crippen LogP contribution in [0.15, 0.2) is 18.5 Å². The van der Waals surface area contributed by atoms with Crippen molar-refractivity contribution in [1.29, 1.82) is 0 Å². The van der Waals surface area contributed by atoms with Gasteiger partial charge in [0, 0.05) is 58.6 Å². The van der Waals surface area contributed by atoms with Gasteiger partial charge >= 0.3 is 0 Å². The van der Waals surface area contributed by atoms with E-state index < -0.39 is 0 Å². The molecule has 0 unspecified atom stereocenters. The van der Waals surface area contributed by atoms with E-state index in [1.807, 2.05) is 23.9 Å². The maximum absolute atomic E-state index is 12.5. The lowest BCUT2D eigenvalue weighted by Crippen LogP contribution is -2.52. The van der Waals surface area contributed by atoms with Gasteiger partial charge in [0.2, 0.25) is 17.8 Å². The molecule has 2 rings (SSSR count). The Morgan fingerprint density at radius 3 is 2.25 bits per heavy atom. The zero-order valence-corrected chi connectivity index (χ0v) is 14.7. The zero-order chi connectivity index (χ0) is 17.5. The molecule has 132 valence electrons. The van der Waals surface area contributed by atoms with Gasteiger partial charge in [0.15, 0.2) is 0 Å². The van der Waals surface area contributed by atoms with Gasteiger partial charge < -0.3 is 19.6 Å². The van der Waals surface area contributed by atoms with Crippen LogP contribution in [0, 0.1) is 0 Å². The van der Waals surface area contributed by atoms with Crippen molar-refractivity contribution in [3.8, 4) is 0 Å². The van der Waals surface area contributed by atoms with Crippen molar-refractivity contribution in [3.63, 3.8) is 0 Å². The first-order valence-electron chi connectivity index (χ1n) is 8.17. The molecule has 0 aromatic carbocycles. The molecule has 24 heavy (non-hydrogen) atoms. The van der Waals surface area contributed by atoms with Gasteiger partial charge in [-0.25, -0.2) is 9.97 Å². The molecule has 0 aliphatic carbocycles. The van der Waals surface area contributed by atoms with Crippen LogP contribution in [0.4, 0.5) is 5.95 Å². The monoisotopic (exact) mass is 334 g/mol. The molecule has 1 aliphatic heterocycles. The van der Waals surface area contributed by atoms with Crippen LogP contribution in [0.1, 0.15) is 6.92 Å². The van der Waals surface area contributed by atoms with Crippen LogP contribution in [0.2, 0.25) is 0 Å². The summed E-state index contributed by atoms with van der Waals surface area (Å²) in [6, 6.07) is 1.79. The van der Waals surface area contributed by atoms with Crippen LogP contribution in [-0.2, 0) is 9.59 Å². The quantitative estimate of drug-likeness (QED) is 0.701. The molecule has 1 aliphatic rings. The van der Waals surface area contributed by atoms with Gasteiger partial charge in [-0.3, -0.25) is 9.59 Å². The van der Waals surface area contributed by atoms with Crippen LogP contribution in [0.5, 0.6) is 0 Å². The number of hydrogen-bond acceptors (Lipinski definition) is 6. The summed E-state index contributed by atoms with van der Waals surface area (Å²) in [6.45, 7) is 5.60. The van der Waals surface area contributed by atoms with Gasteiger partial charge in [-0.2, -0.15) is 0 Å². The van der Waals surface area contributed by atoms with E-state index in [0.29, 0.717) is 38.7 Å². The van der Waals surface area contributed by atoms with Crippen LogP contribution < -0.4 is 4.90 Å². The van der Waals surface area contributed by atoms with E-state index in [2.05, 4.69) is 14.9 Å². The van der Waals surface area contributed by atoms with Crippen LogP contribution in [0.3, 0.4) is 0 Å². The lowest BCUT2D eigenvalue weighted by molar-refractivity contribution is -0.139. The van der Waals surface area contributed by atoms with Gasteiger partial charge in [-0.15, -0.1) is 0 Å². The predicted molar refractivity (Wildman–Crippen MR) is 91.6 cm³/mol. The van der Waals surface area contributed by atoms with E-state index in [-0.39, 0.29) is 18.4 Å². The summed E-state index contributed by atoms with van der Waals surface area (Å²) in [5.41, 5.74) is 0. The topological polar surface area (TPSA) is 72.9 Å². The van der Waals surface area contributed by atoms with Crippen molar-refractivity contribution >= 4 is 17.8 Å². The third-order valence-corrected chi connectivity index (χ3v) is 4.06. The lowest BCUT2D eigenvalue weighted by Gasteiger charge is -2.35. The second kappa shape index (κ2) is 8.58. The van der Waals surface area contributed by atoms with E-state index in [1.54, 1.807) is 23.4 Å². The number of hydrogen-bond donors (Lipinski definition) is 0. The number of amides is 2. The summed E-state index contributed by atoms with van der Waals surface area (Å²) in [6.07, 6.45) is 3.44. The van der Waals surface area contributed by atoms with Gasteiger partial charge in [-0.1, -0.05) is 0 Å². The molecular weight excluding hydrogens is 308 g/mol. The fourth-order valence-corrected chi connectivity index (χ4v) is 2.54. The Morgan fingerprint density at radius 2 is 1.71 bits per heavy atom. The summed E-state index contributed by atoms with van der Waals surface area (Å²) in [7, 11) is 3.90. The highest BCUT2D eigenvalue weighted by atomic mass is 16.2. The van der Waals surface area contributed by atoms with Crippen LogP contribution in [0.25, 0.3) is 0 Å². The maximum Gasteiger partial charge on any atom is 0.242 e. The highest BCUT2D eigenvalue weighted by molar-refractivity contribution is 5.84. The van der Waals surface area contributed by atoms with E-state index in [1.165, 1.54) is 6.92 Å². The normalized spacial score (nSPS) is 14.8. The molecule has 1 aromatic heterocycles. The Hall–Kier alpha value is -2.22. The fourth-order valence-electron chi connectivity index (χ4n) is 2.54. The second-order valence-corrected chi connectivity index (χ2v) is 6.16. The average molecular weight is 334 g/mol. The summed E-state index contributed by atoms with van der Waals surface area (Å²) in [5, 5.41) is 0. The molecule has 1 saturated heterocycles. The number of aromatic nitrogens is 2. The minimum Gasteiger partial charge on any atom is -0.338 e. The largest absolute Gasteiger partial charge is 0.338 e. The minimum absolute atomic E-state index is 0.00224. The van der Waals surface area contributed by atoms with Crippen molar-refractivity contribution in [1.82, 2.24) is 24.7 Å². The van der Waals surface area contributed by atoms with E-state index in [0.717, 1.165) is 6.54 Å². The number of carbonyl (C=O) groups excluding carboxylic acids is 2. The van der Waals surface area contributed by atoms with Gasteiger partial charge in [0.25, 0.3) is 0 Å². The standard InChI is InChI=1S/C16H26N6O2/c1-14(23)22(8-7-19(2)3)13-15(24)20-9-11-21(12-10-20)16-17-5-4-6-18-16/h4-6H,7-13H2,1-3H3. The molecule has 0 atom stereocenters. The molecule has 2 heterocycles. The number of rotatable bonds is 6. The lowest BCUT2D eigenvalue weighted by atomic mass is 10.3. The summed E-state index contributed by atoms with van der Waals surface area (Å²) >= 11 is 0. The average Bonchev–Trinajstić information content (AvgIpc) is 2.59. The highest BCUT2D eigenvalue weighted by Gasteiger charge is 2.24. The first-order valence-corrected chi connectivity index (χ1v) is 8.17. The van der Waals surface area contributed by atoms with Crippen molar-refractivity contribution in [2.24, 2.45) is 0 Å². The molecule has 2 amide bonds. The molecular formula is C16H26N6O2. The molecule has 0 spiro atoms. The Labute approximate surface area is 143 Å². The van der Waals surface area contributed by atoms with Crippen LogP contribution >= 0.6 is 0 Å². The van der Waals surface area contributed by atoms with Gasteiger partial charge in [0.1, 0.15) is 0 Å². The van der Waals surface area contributed by atoms with Crippen molar-refractivity contribution in [3.05, 3.63) is 18.5 Å². The fraction of sp³-hybridized carbons (Fsp3) is 0.625. The molecule has 0 N–H and O–H groups in total. The van der Waals surface area contributed by atoms with Crippen molar-refractivity contribution in [2.75, 3.05) is 64.8 Å². The number of piperazine rings is 1. The Kier molecular flexibility index (Phi) is 6.48. The number of likely N-dealkylation sites (N-methyl/N-ethyl adjacent to an activating group) is 1. The van der Waals surface area contributed by atoms with Crippen LogP contribution in [-0.4, -0.2) is 96.4 Å². The first kappa shape index (κ1) is 18.1. The van der Waals surface area contributed by atoms with Gasteiger partial charge in [0.05, 0.1) is 6.54 Å². The number of nitrogens with zero attached hydrogens (tertiary/aromatic N) is 6. The van der Waals surface area contributed by atoms with E-state index in [9.17, 15) is 9.59 Å². The third kappa shape index (κ3) is 5.16. The first-order chi connectivity index (χ1) is 11.5. The maximum atomic E-state index is 12.5. The molecule has 8 nitrogen and oxygen atoms in total. The minimum atomic E-state index is -0.0680. The second-order valence-electron chi connectivity index (χ2n) is 6.16. The Balaban J connectivity index is 1.84. The summed E-state index contributed by atoms with van der Waals surface area (Å²) < 4.78 is 0. The number of anilines is 1. The molecule has 1 fully saturated rings. The summed E-state index contributed by atoms with van der Waals surface area (Å²) in [4.78, 5) is 40.2. The van der Waals surface area contributed by atoms with Crippen molar-refractivity contribution < 1.29 is 9.59 Å². The zero-order valence-electron chi connectivity index (χ0n) is 14.7. The number of carbonyl (C=O) groups is 2. The Bertz CT molecular complexity index is 543. The molecule has 0 bridgehead atoms. The summed E-state index contributed by atoms with van der Waals surface area (Å²) in [5.74, 6) is 0.625. The highest BCUT2D eigenvalue weighted by Crippen LogP contribution is 2.10. The predicted octanol–water partition coefficient (Wildman–Crippen LogP) is -0.465. The van der Waals surface area contributed by atoms with E-state index >= 15 is 0 Å².